The first kappa shape index (κ1) is 13.1. The molecule has 0 saturated heterocycles. The van der Waals surface area contributed by atoms with Gasteiger partial charge in [-0.25, -0.2) is 9.87 Å². The summed E-state index contributed by atoms with van der Waals surface area (Å²) in [6, 6.07) is 3.94. The van der Waals surface area contributed by atoms with Gasteiger partial charge in [-0.3, -0.25) is 9.63 Å². The zero-order chi connectivity index (χ0) is 12.3. The number of hydrogen-bond acceptors (Lipinski definition) is 2. The SMILES string of the molecule is CC(C)(C)ONC(=O)c1cc(F)cc(Br)c1. The standard InChI is InChI=1S/C11H13BrFNO2/c1-11(2,3)16-14-10(15)7-4-8(12)6-9(13)5-7/h4-6H,1-3H3,(H,14,15). The highest BCUT2D eigenvalue weighted by atomic mass is 79.9. The van der Waals surface area contributed by atoms with Gasteiger partial charge in [0.05, 0.1) is 5.60 Å². The first-order valence-electron chi connectivity index (χ1n) is 4.72. The summed E-state index contributed by atoms with van der Waals surface area (Å²) >= 11 is 3.11. The quantitative estimate of drug-likeness (QED) is 0.850. The summed E-state index contributed by atoms with van der Waals surface area (Å²) in [6.07, 6.45) is 0. The number of benzene rings is 1. The van der Waals surface area contributed by atoms with Gasteiger partial charge in [-0.2, -0.15) is 0 Å². The number of hydrogen-bond donors (Lipinski definition) is 1. The molecule has 0 aliphatic heterocycles. The van der Waals surface area contributed by atoms with E-state index in [1.165, 1.54) is 12.1 Å². The van der Waals surface area contributed by atoms with Crippen LogP contribution in [0.1, 0.15) is 31.1 Å². The van der Waals surface area contributed by atoms with Gasteiger partial charge >= 0.3 is 0 Å². The molecule has 0 saturated carbocycles. The van der Waals surface area contributed by atoms with Gasteiger partial charge in [-0.05, 0) is 39.0 Å². The van der Waals surface area contributed by atoms with Crippen molar-refractivity contribution in [3.8, 4) is 0 Å². The molecule has 0 aromatic heterocycles. The Morgan fingerprint density at radius 2 is 2.00 bits per heavy atom. The fourth-order valence-electron chi connectivity index (χ4n) is 0.943. The second kappa shape index (κ2) is 4.93. The summed E-state index contributed by atoms with van der Waals surface area (Å²) in [7, 11) is 0. The maximum absolute atomic E-state index is 13.0. The minimum absolute atomic E-state index is 0.205. The molecular formula is C11H13BrFNO2. The Balaban J connectivity index is 2.73. The van der Waals surface area contributed by atoms with Crippen molar-refractivity contribution in [2.75, 3.05) is 0 Å². The van der Waals surface area contributed by atoms with Crippen molar-refractivity contribution in [1.82, 2.24) is 5.48 Å². The summed E-state index contributed by atoms with van der Waals surface area (Å²) in [5, 5.41) is 0. The number of halogens is 2. The van der Waals surface area contributed by atoms with E-state index < -0.39 is 17.3 Å². The lowest BCUT2D eigenvalue weighted by Crippen LogP contribution is -2.33. The van der Waals surface area contributed by atoms with Crippen molar-refractivity contribution in [3.05, 3.63) is 34.1 Å². The maximum Gasteiger partial charge on any atom is 0.275 e. The number of amides is 1. The van der Waals surface area contributed by atoms with Crippen LogP contribution in [0.5, 0.6) is 0 Å². The molecule has 1 N–H and O–H groups in total. The number of carbonyl (C=O) groups excluding carboxylic acids is 1. The minimum atomic E-state index is -0.486. The molecule has 0 bridgehead atoms. The second-order valence-corrected chi connectivity index (χ2v) is 5.22. The van der Waals surface area contributed by atoms with Crippen molar-refractivity contribution >= 4 is 21.8 Å². The Labute approximate surface area is 102 Å². The number of carbonyl (C=O) groups is 1. The van der Waals surface area contributed by atoms with Gasteiger partial charge in [0.1, 0.15) is 5.82 Å². The molecular weight excluding hydrogens is 277 g/mol. The average Bonchev–Trinajstić information content (AvgIpc) is 2.11. The van der Waals surface area contributed by atoms with E-state index in [1.54, 1.807) is 20.8 Å². The molecule has 88 valence electrons. The molecule has 1 aromatic carbocycles. The van der Waals surface area contributed by atoms with Crippen molar-refractivity contribution < 1.29 is 14.0 Å². The molecule has 0 radical (unpaired) electrons. The van der Waals surface area contributed by atoms with Gasteiger partial charge in [-0.15, -0.1) is 0 Å². The fraction of sp³-hybridized carbons (Fsp3) is 0.364. The normalized spacial score (nSPS) is 11.3. The zero-order valence-electron chi connectivity index (χ0n) is 9.30. The Kier molecular flexibility index (Phi) is 4.04. The van der Waals surface area contributed by atoms with Crippen LogP contribution in [-0.2, 0) is 4.84 Å². The molecule has 0 heterocycles. The van der Waals surface area contributed by atoms with E-state index in [1.807, 2.05) is 0 Å². The van der Waals surface area contributed by atoms with Crippen LogP contribution in [0.15, 0.2) is 22.7 Å². The number of nitrogens with one attached hydrogen (secondary N) is 1. The lowest BCUT2D eigenvalue weighted by molar-refractivity contribution is -0.0589. The van der Waals surface area contributed by atoms with Gasteiger partial charge in [0, 0.05) is 10.0 Å². The van der Waals surface area contributed by atoms with Crippen LogP contribution < -0.4 is 5.48 Å². The largest absolute Gasteiger partial charge is 0.275 e. The molecule has 0 aliphatic rings. The summed E-state index contributed by atoms with van der Waals surface area (Å²) in [6.45, 7) is 5.40. The molecule has 1 amide bonds. The molecule has 0 atom stereocenters. The van der Waals surface area contributed by atoms with Crippen LogP contribution in [0.2, 0.25) is 0 Å². The highest BCUT2D eigenvalue weighted by Gasteiger charge is 2.14. The van der Waals surface area contributed by atoms with Crippen LogP contribution in [0.3, 0.4) is 0 Å². The third kappa shape index (κ3) is 4.28. The smallest absolute Gasteiger partial charge is 0.268 e. The van der Waals surface area contributed by atoms with Gasteiger partial charge in [0.2, 0.25) is 0 Å². The van der Waals surface area contributed by atoms with Crippen LogP contribution in [-0.4, -0.2) is 11.5 Å². The van der Waals surface area contributed by atoms with Crippen LogP contribution in [0, 0.1) is 5.82 Å². The Morgan fingerprint density at radius 3 is 2.50 bits per heavy atom. The van der Waals surface area contributed by atoms with Gasteiger partial charge in [-0.1, -0.05) is 15.9 Å². The lowest BCUT2D eigenvalue weighted by Gasteiger charge is -2.18. The molecule has 0 aliphatic carbocycles. The highest BCUT2D eigenvalue weighted by molar-refractivity contribution is 9.10. The van der Waals surface area contributed by atoms with E-state index in [4.69, 9.17) is 4.84 Å². The monoisotopic (exact) mass is 289 g/mol. The van der Waals surface area contributed by atoms with Crippen molar-refractivity contribution in [2.45, 2.75) is 26.4 Å². The van der Waals surface area contributed by atoms with Crippen molar-refractivity contribution in [3.63, 3.8) is 0 Å². The molecule has 0 unspecified atom stereocenters. The van der Waals surface area contributed by atoms with Gasteiger partial charge in [0.15, 0.2) is 0 Å². The Hall–Kier alpha value is -0.940. The van der Waals surface area contributed by atoms with Crippen molar-refractivity contribution in [1.29, 1.82) is 0 Å². The summed E-state index contributed by atoms with van der Waals surface area (Å²) in [5.41, 5.74) is 1.99. The average molecular weight is 290 g/mol. The molecule has 1 aromatic rings. The fourth-order valence-corrected chi connectivity index (χ4v) is 1.41. The summed E-state index contributed by atoms with van der Waals surface area (Å²) < 4.78 is 13.5. The second-order valence-electron chi connectivity index (χ2n) is 4.30. The van der Waals surface area contributed by atoms with Crippen molar-refractivity contribution in [2.24, 2.45) is 0 Å². The predicted molar refractivity (Wildman–Crippen MR) is 62.4 cm³/mol. The Morgan fingerprint density at radius 1 is 1.38 bits per heavy atom. The van der Waals surface area contributed by atoms with Gasteiger partial charge in [0.25, 0.3) is 5.91 Å². The Bertz CT molecular complexity index is 381. The minimum Gasteiger partial charge on any atom is -0.268 e. The maximum atomic E-state index is 13.0. The van der Waals surface area contributed by atoms with Crippen LogP contribution >= 0.6 is 15.9 Å². The van der Waals surface area contributed by atoms with Crippen LogP contribution in [0.4, 0.5) is 4.39 Å². The van der Waals surface area contributed by atoms with E-state index in [0.29, 0.717) is 4.47 Å². The van der Waals surface area contributed by atoms with E-state index in [0.717, 1.165) is 6.07 Å². The summed E-state index contributed by atoms with van der Waals surface area (Å²) in [4.78, 5) is 16.7. The topological polar surface area (TPSA) is 38.3 Å². The zero-order valence-corrected chi connectivity index (χ0v) is 10.9. The first-order chi connectivity index (χ1) is 7.28. The van der Waals surface area contributed by atoms with E-state index in [-0.39, 0.29) is 5.56 Å². The molecule has 1 rings (SSSR count). The third-order valence-electron chi connectivity index (χ3n) is 1.57. The van der Waals surface area contributed by atoms with Gasteiger partial charge < -0.3 is 0 Å². The molecule has 16 heavy (non-hydrogen) atoms. The molecule has 3 nitrogen and oxygen atoms in total. The third-order valence-corrected chi connectivity index (χ3v) is 2.03. The predicted octanol–water partition coefficient (Wildman–Crippen LogP) is 3.05. The number of hydroxylamine groups is 1. The van der Waals surface area contributed by atoms with Crippen LogP contribution in [0.25, 0.3) is 0 Å². The number of rotatable bonds is 2. The molecule has 5 heteroatoms. The lowest BCUT2D eigenvalue weighted by atomic mass is 10.2. The van der Waals surface area contributed by atoms with E-state index in [2.05, 4.69) is 21.4 Å². The first-order valence-corrected chi connectivity index (χ1v) is 5.52. The van der Waals surface area contributed by atoms with E-state index >= 15 is 0 Å². The summed E-state index contributed by atoms with van der Waals surface area (Å²) in [5.74, 6) is -0.953. The highest BCUT2D eigenvalue weighted by Crippen LogP contribution is 2.15. The molecule has 0 spiro atoms. The van der Waals surface area contributed by atoms with E-state index in [9.17, 15) is 9.18 Å². The molecule has 0 fully saturated rings.